The van der Waals surface area contributed by atoms with E-state index in [9.17, 15) is 4.79 Å². The van der Waals surface area contributed by atoms with Gasteiger partial charge >= 0.3 is 0 Å². The summed E-state index contributed by atoms with van der Waals surface area (Å²) in [5, 5.41) is 4.02. The van der Waals surface area contributed by atoms with Gasteiger partial charge in [0.1, 0.15) is 5.02 Å². The smallest absolute Gasteiger partial charge is 0.266 e. The van der Waals surface area contributed by atoms with Gasteiger partial charge in [-0.3, -0.25) is 9.78 Å². The minimum absolute atomic E-state index is 0.0207. The lowest BCUT2D eigenvalue weighted by Gasteiger charge is -2.04. The molecule has 2 aromatic rings. The molecule has 0 radical (unpaired) electrons. The largest absolute Gasteiger partial charge is 0.287 e. The van der Waals surface area contributed by atoms with E-state index >= 15 is 0 Å². The number of nitrogens with zero attached hydrogens (tertiary/aromatic N) is 3. The molecule has 2 heterocycles. The van der Waals surface area contributed by atoms with Crippen molar-refractivity contribution in [2.75, 3.05) is 0 Å². The zero-order chi connectivity index (χ0) is 11.5. The van der Waals surface area contributed by atoms with Crippen LogP contribution in [0.15, 0.2) is 35.4 Å². The molecule has 6 heteroatoms. The van der Waals surface area contributed by atoms with Crippen molar-refractivity contribution in [3.63, 3.8) is 0 Å². The molecule has 4 nitrogen and oxygen atoms in total. The van der Waals surface area contributed by atoms with Gasteiger partial charge in [0.2, 0.25) is 0 Å². The average Bonchev–Trinajstić information content (AvgIpc) is 2.31. The maximum atomic E-state index is 11.7. The van der Waals surface area contributed by atoms with E-state index in [-0.39, 0.29) is 16.6 Å². The Balaban J connectivity index is 2.37. The van der Waals surface area contributed by atoms with Gasteiger partial charge in [0, 0.05) is 6.20 Å². The normalized spacial score (nSPS) is 10.4. The maximum Gasteiger partial charge on any atom is 0.287 e. The van der Waals surface area contributed by atoms with Crippen molar-refractivity contribution in [1.82, 2.24) is 14.8 Å². The zero-order valence-electron chi connectivity index (χ0n) is 8.10. The van der Waals surface area contributed by atoms with Crippen LogP contribution < -0.4 is 5.56 Å². The topological polar surface area (TPSA) is 47.8 Å². The van der Waals surface area contributed by atoms with E-state index in [1.807, 2.05) is 6.07 Å². The molecule has 82 valence electrons. The molecule has 0 aliphatic rings. The predicted octanol–water partition coefficient (Wildman–Crippen LogP) is 1.99. The molecule has 0 N–H and O–H groups in total. The Morgan fingerprint density at radius 2 is 2.12 bits per heavy atom. The Morgan fingerprint density at radius 1 is 1.31 bits per heavy atom. The average molecular weight is 256 g/mol. The second-order valence-corrected chi connectivity index (χ2v) is 3.88. The van der Waals surface area contributed by atoms with Crippen molar-refractivity contribution in [3.05, 3.63) is 56.7 Å². The summed E-state index contributed by atoms with van der Waals surface area (Å²) in [5.74, 6) is 0. The summed E-state index contributed by atoms with van der Waals surface area (Å²) in [5.41, 5.74) is 0.315. The standard InChI is InChI=1S/C10H7Cl2N3O/c11-8-5-14-15(10(16)9(8)12)6-7-3-1-2-4-13-7/h1-5H,6H2. The van der Waals surface area contributed by atoms with E-state index in [1.165, 1.54) is 10.9 Å². The van der Waals surface area contributed by atoms with Crippen molar-refractivity contribution in [1.29, 1.82) is 0 Å². The molecule has 0 saturated heterocycles. The predicted molar refractivity (Wildman–Crippen MR) is 61.9 cm³/mol. The van der Waals surface area contributed by atoms with Gasteiger partial charge in [-0.2, -0.15) is 5.10 Å². The fourth-order valence-corrected chi connectivity index (χ4v) is 1.47. The van der Waals surface area contributed by atoms with Crippen molar-refractivity contribution in [2.45, 2.75) is 6.54 Å². The Morgan fingerprint density at radius 3 is 2.81 bits per heavy atom. The molecule has 0 unspecified atom stereocenters. The summed E-state index contributed by atoms with van der Waals surface area (Å²) in [7, 11) is 0. The highest BCUT2D eigenvalue weighted by molar-refractivity contribution is 6.41. The zero-order valence-corrected chi connectivity index (χ0v) is 9.61. The van der Waals surface area contributed by atoms with Crippen LogP contribution in [0.3, 0.4) is 0 Å². The molecular formula is C10H7Cl2N3O. The van der Waals surface area contributed by atoms with Gasteiger partial charge in [0.25, 0.3) is 5.56 Å². The molecule has 0 atom stereocenters. The van der Waals surface area contributed by atoms with Gasteiger partial charge in [-0.25, -0.2) is 4.68 Å². The van der Waals surface area contributed by atoms with E-state index in [2.05, 4.69) is 10.1 Å². The molecule has 0 spiro atoms. The molecule has 0 saturated carbocycles. The minimum Gasteiger partial charge on any atom is -0.266 e. The molecule has 2 aromatic heterocycles. The number of rotatable bonds is 2. The third-order valence-corrected chi connectivity index (χ3v) is 2.73. The summed E-state index contributed by atoms with van der Waals surface area (Å²) in [6.45, 7) is 0.274. The van der Waals surface area contributed by atoms with Crippen LogP contribution in [0.2, 0.25) is 10.0 Å². The van der Waals surface area contributed by atoms with Gasteiger partial charge in [0.15, 0.2) is 0 Å². The summed E-state index contributed by atoms with van der Waals surface area (Å²) in [4.78, 5) is 15.7. The van der Waals surface area contributed by atoms with E-state index < -0.39 is 5.56 Å². The molecule has 0 aromatic carbocycles. The molecular weight excluding hydrogens is 249 g/mol. The lowest BCUT2D eigenvalue weighted by Crippen LogP contribution is -2.24. The van der Waals surface area contributed by atoms with Crippen molar-refractivity contribution >= 4 is 23.2 Å². The Kier molecular flexibility index (Phi) is 3.22. The minimum atomic E-state index is -0.417. The van der Waals surface area contributed by atoms with Gasteiger partial charge in [-0.15, -0.1) is 0 Å². The van der Waals surface area contributed by atoms with Crippen LogP contribution >= 0.6 is 23.2 Å². The summed E-state index contributed by atoms with van der Waals surface area (Å²) in [6, 6.07) is 5.44. The van der Waals surface area contributed by atoms with Crippen LogP contribution in [-0.4, -0.2) is 14.8 Å². The SMILES string of the molecule is O=c1c(Cl)c(Cl)cnn1Cc1ccccn1. The van der Waals surface area contributed by atoms with Crippen LogP contribution in [0.1, 0.15) is 5.69 Å². The van der Waals surface area contributed by atoms with Crippen LogP contribution in [0, 0.1) is 0 Å². The highest BCUT2D eigenvalue weighted by Crippen LogP contribution is 2.14. The number of hydrogen-bond donors (Lipinski definition) is 0. The van der Waals surface area contributed by atoms with Crippen LogP contribution in [-0.2, 0) is 6.54 Å². The first-order valence-corrected chi connectivity index (χ1v) is 5.25. The van der Waals surface area contributed by atoms with Gasteiger partial charge in [0.05, 0.1) is 23.5 Å². The number of aromatic nitrogens is 3. The molecule has 0 aliphatic carbocycles. The first-order chi connectivity index (χ1) is 7.68. The van der Waals surface area contributed by atoms with Crippen LogP contribution in [0.4, 0.5) is 0 Å². The second-order valence-electron chi connectivity index (χ2n) is 3.09. The Labute approximate surface area is 101 Å². The number of pyridine rings is 1. The van der Waals surface area contributed by atoms with Crippen molar-refractivity contribution < 1.29 is 0 Å². The lowest BCUT2D eigenvalue weighted by atomic mass is 10.3. The Bertz CT molecular complexity index is 554. The molecule has 2 rings (SSSR count). The van der Waals surface area contributed by atoms with Crippen molar-refractivity contribution in [2.24, 2.45) is 0 Å². The molecule has 0 aliphatic heterocycles. The fourth-order valence-electron chi connectivity index (χ4n) is 1.20. The third-order valence-electron chi connectivity index (χ3n) is 1.98. The van der Waals surface area contributed by atoms with E-state index in [4.69, 9.17) is 23.2 Å². The highest BCUT2D eigenvalue weighted by atomic mass is 35.5. The van der Waals surface area contributed by atoms with E-state index in [0.29, 0.717) is 0 Å². The second kappa shape index (κ2) is 4.63. The monoisotopic (exact) mass is 255 g/mol. The molecule has 0 amide bonds. The van der Waals surface area contributed by atoms with Gasteiger partial charge < -0.3 is 0 Å². The fraction of sp³-hybridized carbons (Fsp3) is 0.100. The van der Waals surface area contributed by atoms with E-state index in [1.54, 1.807) is 18.3 Å². The van der Waals surface area contributed by atoms with Crippen LogP contribution in [0.25, 0.3) is 0 Å². The molecule has 0 bridgehead atoms. The summed E-state index contributed by atoms with van der Waals surface area (Å²) >= 11 is 11.4. The Hall–Kier alpha value is -1.39. The molecule has 0 fully saturated rings. The first-order valence-electron chi connectivity index (χ1n) is 4.49. The number of halogens is 2. The van der Waals surface area contributed by atoms with Crippen molar-refractivity contribution in [3.8, 4) is 0 Å². The van der Waals surface area contributed by atoms with Crippen LogP contribution in [0.5, 0.6) is 0 Å². The van der Waals surface area contributed by atoms with E-state index in [0.717, 1.165) is 5.69 Å². The maximum absolute atomic E-state index is 11.7. The number of hydrogen-bond acceptors (Lipinski definition) is 3. The third kappa shape index (κ3) is 2.23. The lowest BCUT2D eigenvalue weighted by molar-refractivity contribution is 0.628. The first kappa shape index (κ1) is 11.1. The quantitative estimate of drug-likeness (QED) is 0.825. The molecule has 16 heavy (non-hydrogen) atoms. The van der Waals surface area contributed by atoms with Gasteiger partial charge in [-0.1, -0.05) is 29.3 Å². The highest BCUT2D eigenvalue weighted by Gasteiger charge is 2.07. The van der Waals surface area contributed by atoms with Gasteiger partial charge in [-0.05, 0) is 12.1 Å². The summed E-state index contributed by atoms with van der Waals surface area (Å²) < 4.78 is 1.22. The summed E-state index contributed by atoms with van der Waals surface area (Å²) in [6.07, 6.45) is 2.99.